The third-order valence-electron chi connectivity index (χ3n) is 4.63. The van der Waals surface area contributed by atoms with E-state index < -0.39 is 0 Å². The van der Waals surface area contributed by atoms with Crippen molar-refractivity contribution in [2.45, 2.75) is 53.5 Å². The summed E-state index contributed by atoms with van der Waals surface area (Å²) in [6.07, 6.45) is 1.00. The molecule has 0 atom stereocenters. The van der Waals surface area contributed by atoms with Crippen molar-refractivity contribution < 1.29 is 4.79 Å². The van der Waals surface area contributed by atoms with E-state index in [2.05, 4.69) is 48.5 Å². The molecule has 0 N–H and O–H groups in total. The molecule has 2 aromatic carbocycles. The highest BCUT2D eigenvalue weighted by molar-refractivity contribution is 7.16. The lowest BCUT2D eigenvalue weighted by molar-refractivity contribution is 0.0997. The maximum atomic E-state index is 12.8. The number of aromatic nitrogens is 1. The summed E-state index contributed by atoms with van der Waals surface area (Å²) in [6.45, 7) is 11.4. The molecular weight excluding hydrogens is 340 g/mol. The van der Waals surface area contributed by atoms with Gasteiger partial charge in [0, 0.05) is 12.1 Å². The number of thiazole rings is 1. The van der Waals surface area contributed by atoms with Crippen LogP contribution in [0.25, 0.3) is 10.2 Å². The Labute approximate surface area is 159 Å². The summed E-state index contributed by atoms with van der Waals surface area (Å²) in [5, 5.41) is 0. The van der Waals surface area contributed by atoms with Gasteiger partial charge in [-0.05, 0) is 55.5 Å². The average Bonchev–Trinajstić information content (AvgIpc) is 2.91. The molecule has 1 heterocycles. The van der Waals surface area contributed by atoms with E-state index in [1.807, 2.05) is 32.0 Å². The zero-order valence-corrected chi connectivity index (χ0v) is 17.0. The molecule has 136 valence electrons. The van der Waals surface area contributed by atoms with Crippen molar-refractivity contribution in [2.24, 2.45) is 4.99 Å². The van der Waals surface area contributed by atoms with Crippen LogP contribution in [0.15, 0.2) is 41.4 Å². The van der Waals surface area contributed by atoms with Crippen LogP contribution in [0.1, 0.15) is 60.2 Å². The van der Waals surface area contributed by atoms with E-state index in [1.165, 1.54) is 10.3 Å². The van der Waals surface area contributed by atoms with E-state index in [0.29, 0.717) is 11.5 Å². The second kappa shape index (κ2) is 7.58. The Hall–Kier alpha value is -2.20. The van der Waals surface area contributed by atoms with E-state index in [4.69, 9.17) is 0 Å². The van der Waals surface area contributed by atoms with Crippen molar-refractivity contribution in [3.8, 4) is 0 Å². The SMILES string of the molecule is CCCn1c(=NC(=O)c2ccc(C)cc2C)sc2cc(C(C)C)ccc21. The second-order valence-electron chi connectivity index (χ2n) is 7.15. The minimum absolute atomic E-state index is 0.164. The second-order valence-corrected chi connectivity index (χ2v) is 8.16. The first-order valence-corrected chi connectivity index (χ1v) is 10.0. The largest absolute Gasteiger partial charge is 0.316 e. The van der Waals surface area contributed by atoms with Crippen LogP contribution in [-0.2, 0) is 6.54 Å². The van der Waals surface area contributed by atoms with Gasteiger partial charge in [0.05, 0.1) is 10.2 Å². The summed E-state index contributed by atoms with van der Waals surface area (Å²) >= 11 is 1.60. The third kappa shape index (κ3) is 3.65. The molecule has 0 aliphatic heterocycles. The van der Waals surface area contributed by atoms with Gasteiger partial charge in [0.1, 0.15) is 0 Å². The number of aryl methyl sites for hydroxylation is 3. The summed E-state index contributed by atoms with van der Waals surface area (Å²) < 4.78 is 3.36. The predicted molar refractivity (Wildman–Crippen MR) is 110 cm³/mol. The van der Waals surface area contributed by atoms with Crippen LogP contribution in [0.2, 0.25) is 0 Å². The summed E-state index contributed by atoms with van der Waals surface area (Å²) in [5.41, 5.74) is 5.29. The van der Waals surface area contributed by atoms with Gasteiger partial charge in [0.2, 0.25) is 0 Å². The van der Waals surface area contributed by atoms with E-state index in [-0.39, 0.29) is 5.91 Å². The zero-order chi connectivity index (χ0) is 18.8. The van der Waals surface area contributed by atoms with Gasteiger partial charge in [-0.25, -0.2) is 0 Å². The lowest BCUT2D eigenvalue weighted by Gasteiger charge is -2.06. The Kier molecular flexibility index (Phi) is 5.42. The summed E-state index contributed by atoms with van der Waals surface area (Å²) in [4.78, 5) is 18.1. The fraction of sp³-hybridized carbons (Fsp3) is 0.364. The van der Waals surface area contributed by atoms with Crippen LogP contribution in [0.5, 0.6) is 0 Å². The Bertz CT molecular complexity index is 1020. The van der Waals surface area contributed by atoms with Gasteiger partial charge < -0.3 is 4.57 Å². The van der Waals surface area contributed by atoms with Crippen LogP contribution < -0.4 is 4.80 Å². The molecule has 3 aromatic rings. The number of fused-ring (bicyclic) bond motifs is 1. The van der Waals surface area contributed by atoms with Crippen LogP contribution in [0.4, 0.5) is 0 Å². The molecule has 3 rings (SSSR count). The minimum atomic E-state index is -0.164. The number of hydrogen-bond donors (Lipinski definition) is 0. The summed E-state index contributed by atoms with van der Waals surface area (Å²) in [7, 11) is 0. The monoisotopic (exact) mass is 366 g/mol. The highest BCUT2D eigenvalue weighted by Gasteiger charge is 2.12. The van der Waals surface area contributed by atoms with Gasteiger partial charge in [-0.3, -0.25) is 4.79 Å². The normalized spacial score (nSPS) is 12.3. The van der Waals surface area contributed by atoms with Crippen molar-refractivity contribution in [3.63, 3.8) is 0 Å². The van der Waals surface area contributed by atoms with Gasteiger partial charge >= 0.3 is 0 Å². The molecule has 0 aliphatic rings. The number of carbonyl (C=O) groups excluding carboxylic acids is 1. The molecular formula is C22H26N2OS. The quantitative estimate of drug-likeness (QED) is 0.592. The van der Waals surface area contributed by atoms with Crippen molar-refractivity contribution in [3.05, 3.63) is 63.5 Å². The predicted octanol–water partition coefficient (Wildman–Crippen LogP) is 5.59. The van der Waals surface area contributed by atoms with Crippen LogP contribution in [0, 0.1) is 13.8 Å². The van der Waals surface area contributed by atoms with Crippen molar-refractivity contribution in [1.29, 1.82) is 0 Å². The number of amides is 1. The van der Waals surface area contributed by atoms with E-state index >= 15 is 0 Å². The summed E-state index contributed by atoms with van der Waals surface area (Å²) in [6, 6.07) is 12.5. The Morgan fingerprint density at radius 3 is 2.58 bits per heavy atom. The fourth-order valence-corrected chi connectivity index (χ4v) is 4.28. The molecule has 1 amide bonds. The van der Waals surface area contributed by atoms with Gasteiger partial charge in [-0.2, -0.15) is 4.99 Å². The number of carbonyl (C=O) groups is 1. The lowest BCUT2D eigenvalue weighted by atomic mass is 10.0. The Morgan fingerprint density at radius 2 is 1.92 bits per heavy atom. The number of hydrogen-bond acceptors (Lipinski definition) is 2. The molecule has 0 saturated heterocycles. The van der Waals surface area contributed by atoms with Gasteiger partial charge in [-0.1, -0.05) is 55.9 Å². The van der Waals surface area contributed by atoms with Crippen LogP contribution in [0.3, 0.4) is 0 Å². The standard InChI is InChI=1S/C22H26N2OS/c1-6-11-24-19-10-8-17(14(2)3)13-20(19)26-22(24)23-21(25)18-9-7-15(4)12-16(18)5/h7-10,12-14H,6,11H2,1-5H3. The molecule has 0 bridgehead atoms. The fourth-order valence-electron chi connectivity index (χ4n) is 3.17. The first-order valence-electron chi connectivity index (χ1n) is 9.20. The third-order valence-corrected chi connectivity index (χ3v) is 5.67. The first kappa shape index (κ1) is 18.6. The van der Waals surface area contributed by atoms with Crippen LogP contribution >= 0.6 is 11.3 Å². The van der Waals surface area contributed by atoms with E-state index in [0.717, 1.165) is 34.4 Å². The molecule has 0 fully saturated rings. The molecule has 0 radical (unpaired) electrons. The zero-order valence-electron chi connectivity index (χ0n) is 16.2. The molecule has 26 heavy (non-hydrogen) atoms. The van der Waals surface area contributed by atoms with Gasteiger partial charge in [-0.15, -0.1) is 0 Å². The van der Waals surface area contributed by atoms with E-state index in [1.54, 1.807) is 11.3 Å². The Morgan fingerprint density at radius 1 is 1.15 bits per heavy atom. The highest BCUT2D eigenvalue weighted by Crippen LogP contribution is 2.24. The molecule has 3 nitrogen and oxygen atoms in total. The average molecular weight is 367 g/mol. The van der Waals surface area contributed by atoms with Gasteiger partial charge in [0.25, 0.3) is 5.91 Å². The van der Waals surface area contributed by atoms with Crippen molar-refractivity contribution >= 4 is 27.5 Å². The molecule has 0 saturated carbocycles. The molecule has 0 unspecified atom stereocenters. The van der Waals surface area contributed by atoms with Crippen molar-refractivity contribution in [2.75, 3.05) is 0 Å². The number of benzene rings is 2. The number of nitrogens with zero attached hydrogens (tertiary/aromatic N) is 2. The summed E-state index contributed by atoms with van der Waals surface area (Å²) in [5.74, 6) is 0.321. The van der Waals surface area contributed by atoms with Gasteiger partial charge in [0.15, 0.2) is 4.80 Å². The molecule has 0 aliphatic carbocycles. The maximum Gasteiger partial charge on any atom is 0.279 e. The van der Waals surface area contributed by atoms with E-state index in [9.17, 15) is 4.79 Å². The topological polar surface area (TPSA) is 34.4 Å². The molecule has 4 heteroatoms. The Balaban J connectivity index is 2.14. The van der Waals surface area contributed by atoms with Crippen LogP contribution in [-0.4, -0.2) is 10.5 Å². The minimum Gasteiger partial charge on any atom is -0.316 e. The highest BCUT2D eigenvalue weighted by atomic mass is 32.1. The smallest absolute Gasteiger partial charge is 0.279 e. The lowest BCUT2D eigenvalue weighted by Crippen LogP contribution is -2.17. The van der Waals surface area contributed by atoms with Crippen molar-refractivity contribution in [1.82, 2.24) is 4.57 Å². The molecule has 1 aromatic heterocycles. The maximum absolute atomic E-state index is 12.8. The molecule has 0 spiro atoms. The number of rotatable bonds is 4. The first-order chi connectivity index (χ1) is 12.4.